The maximum atomic E-state index is 5.82. The Morgan fingerprint density at radius 2 is 0.553 bits per heavy atom. The molecule has 0 aliphatic carbocycles. The molecule has 15 nitrogen and oxygen atoms in total. The molecule has 0 fully saturated rings. The zero-order valence-corrected chi connectivity index (χ0v) is 28.2. The fraction of sp³-hybridized carbons (Fsp3) is 0.812. The van der Waals surface area contributed by atoms with Crippen LogP contribution in [0, 0.1) is 0 Å². The van der Waals surface area contributed by atoms with Gasteiger partial charge in [-0.3, -0.25) is 0 Å². The highest BCUT2D eigenvalue weighted by Gasteiger charge is 1.99. The molecule has 0 spiro atoms. The molecular formula is C32H60N2O13. The molecular weight excluding hydrogens is 620 g/mol. The first-order chi connectivity index (χ1) is 23.3. The molecule has 0 saturated carbocycles. The fourth-order valence-corrected chi connectivity index (χ4v) is 3.43. The minimum absolute atomic E-state index is 0.437. The Hall–Kier alpha value is -1.70. The molecule has 1 rings (SSSR count). The van der Waals surface area contributed by atoms with Gasteiger partial charge in [0.1, 0.15) is 12.4 Å². The van der Waals surface area contributed by atoms with Gasteiger partial charge in [-0.05, 0) is 12.1 Å². The largest absolute Gasteiger partial charge is 0.489 e. The number of anilines is 1. The Balaban J connectivity index is 1.62. The standard InChI is InChI=1S/C32H60N2O13/c33-5-6-35-7-8-36-9-10-37-11-12-38-13-14-39-15-16-40-17-18-41-19-20-42-21-22-43-23-24-44-25-26-45-27-28-46-29-30-47-32-4-2-1-3-31(32)34/h1-4H,5-30,33-34H2. The topological polar surface area (TPSA) is 172 Å². The van der Waals surface area contributed by atoms with Crippen LogP contribution in [0.1, 0.15) is 0 Å². The van der Waals surface area contributed by atoms with Crippen molar-refractivity contribution in [2.75, 3.05) is 177 Å². The minimum atomic E-state index is 0.437. The number of ether oxygens (including phenoxy) is 13. The number of hydrogen-bond acceptors (Lipinski definition) is 15. The smallest absolute Gasteiger partial charge is 0.142 e. The summed E-state index contributed by atoms with van der Waals surface area (Å²) in [7, 11) is 0. The second-order valence-corrected chi connectivity index (χ2v) is 9.52. The summed E-state index contributed by atoms with van der Waals surface area (Å²) in [6, 6.07) is 7.38. The van der Waals surface area contributed by atoms with Crippen molar-refractivity contribution < 1.29 is 61.6 Å². The van der Waals surface area contributed by atoms with E-state index in [1.165, 1.54) is 0 Å². The highest BCUT2D eigenvalue weighted by Crippen LogP contribution is 2.19. The molecule has 0 radical (unpaired) electrons. The summed E-state index contributed by atoms with van der Waals surface area (Å²) in [6.45, 7) is 13.2. The van der Waals surface area contributed by atoms with Crippen LogP contribution in [0.4, 0.5) is 5.69 Å². The van der Waals surface area contributed by atoms with Crippen molar-refractivity contribution in [2.45, 2.75) is 0 Å². The maximum Gasteiger partial charge on any atom is 0.142 e. The molecule has 0 heterocycles. The van der Waals surface area contributed by atoms with Crippen LogP contribution in [0.15, 0.2) is 24.3 Å². The summed E-state index contributed by atoms with van der Waals surface area (Å²) in [5, 5.41) is 0. The van der Waals surface area contributed by atoms with Gasteiger partial charge in [0, 0.05) is 6.54 Å². The molecule has 0 aromatic heterocycles. The molecule has 1 aromatic carbocycles. The van der Waals surface area contributed by atoms with Gasteiger partial charge < -0.3 is 73.0 Å². The number of benzene rings is 1. The highest BCUT2D eigenvalue weighted by atomic mass is 16.6. The van der Waals surface area contributed by atoms with Crippen LogP contribution in [-0.4, -0.2) is 172 Å². The third kappa shape index (κ3) is 32.6. The SMILES string of the molecule is NCCOCCOCCOCCOCCOCCOCCOCCOCCOCCOCCOCCOCCOc1ccccc1N. The molecule has 0 saturated heterocycles. The predicted molar refractivity (Wildman–Crippen MR) is 175 cm³/mol. The van der Waals surface area contributed by atoms with Gasteiger partial charge in [0.05, 0.1) is 164 Å². The molecule has 1 aromatic rings. The van der Waals surface area contributed by atoms with Crippen LogP contribution in [0.3, 0.4) is 0 Å². The molecule has 0 atom stereocenters. The van der Waals surface area contributed by atoms with Gasteiger partial charge in [0.25, 0.3) is 0 Å². The monoisotopic (exact) mass is 680 g/mol. The van der Waals surface area contributed by atoms with Gasteiger partial charge in [-0.15, -0.1) is 0 Å². The van der Waals surface area contributed by atoms with Crippen LogP contribution in [0.25, 0.3) is 0 Å². The molecule has 0 aliphatic rings. The van der Waals surface area contributed by atoms with E-state index in [4.69, 9.17) is 73.0 Å². The van der Waals surface area contributed by atoms with E-state index in [1.807, 2.05) is 18.2 Å². The van der Waals surface area contributed by atoms with Crippen molar-refractivity contribution in [1.29, 1.82) is 0 Å². The Labute approximate surface area is 280 Å². The molecule has 4 N–H and O–H groups in total. The van der Waals surface area contributed by atoms with E-state index in [9.17, 15) is 0 Å². The van der Waals surface area contributed by atoms with Crippen LogP contribution < -0.4 is 16.2 Å². The van der Waals surface area contributed by atoms with Crippen molar-refractivity contribution in [3.8, 4) is 5.75 Å². The molecule has 276 valence electrons. The van der Waals surface area contributed by atoms with E-state index < -0.39 is 0 Å². The molecule has 0 aliphatic heterocycles. The van der Waals surface area contributed by atoms with E-state index in [2.05, 4.69) is 0 Å². The Morgan fingerprint density at radius 3 is 0.809 bits per heavy atom. The molecule has 0 amide bonds. The van der Waals surface area contributed by atoms with E-state index in [0.29, 0.717) is 183 Å². The van der Waals surface area contributed by atoms with Gasteiger partial charge in [0.15, 0.2) is 0 Å². The quantitative estimate of drug-likeness (QED) is 0.0739. The zero-order chi connectivity index (χ0) is 33.6. The van der Waals surface area contributed by atoms with Gasteiger partial charge in [-0.1, -0.05) is 12.1 Å². The van der Waals surface area contributed by atoms with Gasteiger partial charge in [0.2, 0.25) is 0 Å². The molecule has 15 heteroatoms. The number of hydrogen-bond donors (Lipinski definition) is 2. The lowest BCUT2D eigenvalue weighted by Crippen LogP contribution is -2.16. The van der Waals surface area contributed by atoms with Crippen molar-refractivity contribution in [3.05, 3.63) is 24.3 Å². The second kappa shape index (κ2) is 37.1. The van der Waals surface area contributed by atoms with Crippen LogP contribution >= 0.6 is 0 Å². The lowest BCUT2D eigenvalue weighted by Gasteiger charge is -2.10. The van der Waals surface area contributed by atoms with Crippen LogP contribution in [0.2, 0.25) is 0 Å². The fourth-order valence-electron chi connectivity index (χ4n) is 3.43. The number of nitrogen functional groups attached to an aromatic ring is 1. The minimum Gasteiger partial charge on any atom is -0.489 e. The number of rotatable bonds is 39. The summed E-state index contributed by atoms with van der Waals surface area (Å²) in [5.74, 6) is 0.667. The highest BCUT2D eigenvalue weighted by molar-refractivity contribution is 5.51. The van der Waals surface area contributed by atoms with E-state index in [-0.39, 0.29) is 0 Å². The average Bonchev–Trinajstić information content (AvgIpc) is 3.08. The Morgan fingerprint density at radius 1 is 0.319 bits per heavy atom. The summed E-state index contributed by atoms with van der Waals surface area (Å²) >= 11 is 0. The molecule has 0 bridgehead atoms. The summed E-state index contributed by atoms with van der Waals surface area (Å²) in [5.41, 5.74) is 11.8. The third-order valence-electron chi connectivity index (χ3n) is 5.76. The van der Waals surface area contributed by atoms with Gasteiger partial charge in [-0.2, -0.15) is 0 Å². The third-order valence-corrected chi connectivity index (χ3v) is 5.76. The molecule has 0 unspecified atom stereocenters. The summed E-state index contributed by atoms with van der Waals surface area (Å²) < 4.78 is 70.8. The normalized spacial score (nSPS) is 11.4. The van der Waals surface area contributed by atoms with Crippen molar-refractivity contribution in [3.63, 3.8) is 0 Å². The van der Waals surface area contributed by atoms with Crippen molar-refractivity contribution >= 4 is 5.69 Å². The van der Waals surface area contributed by atoms with Crippen LogP contribution in [-0.2, 0) is 56.8 Å². The van der Waals surface area contributed by atoms with E-state index >= 15 is 0 Å². The summed E-state index contributed by atoms with van der Waals surface area (Å²) in [6.07, 6.45) is 0. The van der Waals surface area contributed by atoms with E-state index in [0.717, 1.165) is 0 Å². The second-order valence-electron chi connectivity index (χ2n) is 9.52. The first-order valence-electron chi connectivity index (χ1n) is 16.4. The van der Waals surface area contributed by atoms with Gasteiger partial charge >= 0.3 is 0 Å². The zero-order valence-electron chi connectivity index (χ0n) is 28.2. The Bertz CT molecular complexity index is 755. The first-order valence-corrected chi connectivity index (χ1v) is 16.4. The van der Waals surface area contributed by atoms with E-state index in [1.54, 1.807) is 6.07 Å². The average molecular weight is 681 g/mol. The number of nitrogens with two attached hydrogens (primary N) is 2. The van der Waals surface area contributed by atoms with Crippen molar-refractivity contribution in [1.82, 2.24) is 0 Å². The lowest BCUT2D eigenvalue weighted by atomic mass is 10.3. The lowest BCUT2D eigenvalue weighted by molar-refractivity contribution is -0.0284. The van der Waals surface area contributed by atoms with Gasteiger partial charge in [-0.25, -0.2) is 0 Å². The summed E-state index contributed by atoms with van der Waals surface area (Å²) in [4.78, 5) is 0. The predicted octanol–water partition coefficient (Wildman–Crippen LogP) is 0.806. The maximum absolute atomic E-state index is 5.82. The van der Waals surface area contributed by atoms with Crippen LogP contribution in [0.5, 0.6) is 5.75 Å². The first kappa shape index (κ1) is 43.3. The van der Waals surface area contributed by atoms with Crippen molar-refractivity contribution in [2.24, 2.45) is 5.73 Å². The Kier molecular flexibility index (Phi) is 34.2. The molecule has 47 heavy (non-hydrogen) atoms. The number of para-hydroxylation sites is 2.